The first-order valence-corrected chi connectivity index (χ1v) is 11.4. The number of ether oxygens (including phenoxy) is 2. The van der Waals surface area contributed by atoms with Crippen LogP contribution in [-0.4, -0.2) is 57.5 Å². The Hall–Kier alpha value is -3.59. The number of furan rings is 1. The van der Waals surface area contributed by atoms with Crippen molar-refractivity contribution in [2.75, 3.05) is 37.9 Å². The third-order valence-electron chi connectivity index (χ3n) is 6.13. The molecule has 33 heavy (non-hydrogen) atoms. The lowest BCUT2D eigenvalue weighted by Crippen LogP contribution is -2.46. The largest absolute Gasteiger partial charge is 0.461 e. The first kappa shape index (κ1) is 20.0. The summed E-state index contributed by atoms with van der Waals surface area (Å²) in [6.07, 6.45) is 3.58. The average molecular weight is 447 g/mol. The minimum atomic E-state index is 0.307. The zero-order valence-corrected chi connectivity index (χ0v) is 18.6. The standard InChI is InChI=1S/C24H26N6O3/c1-2-4-18-14-22(30-24(25-18)26-23(27-30)20-5-3-12-31-20)29-10-8-28(9-11-29)15-17-6-7-19-21(13-17)33-16-32-19/h3,5-7,12-14H,2,4,8-11,15-16H2,1H3. The fraction of sp³-hybridized carbons (Fsp3) is 0.375. The summed E-state index contributed by atoms with van der Waals surface area (Å²) in [5.74, 6) is 4.53. The molecule has 0 amide bonds. The molecule has 1 saturated heterocycles. The topological polar surface area (TPSA) is 81.2 Å². The molecule has 170 valence electrons. The van der Waals surface area contributed by atoms with E-state index >= 15 is 0 Å². The molecule has 0 radical (unpaired) electrons. The van der Waals surface area contributed by atoms with E-state index < -0.39 is 0 Å². The molecular weight excluding hydrogens is 420 g/mol. The molecule has 6 rings (SSSR count). The number of rotatable bonds is 6. The number of aryl methyl sites for hydroxylation is 1. The van der Waals surface area contributed by atoms with Crippen molar-refractivity contribution in [2.45, 2.75) is 26.3 Å². The van der Waals surface area contributed by atoms with Crippen molar-refractivity contribution in [1.82, 2.24) is 24.5 Å². The summed E-state index contributed by atoms with van der Waals surface area (Å²) < 4.78 is 18.3. The van der Waals surface area contributed by atoms with Crippen LogP contribution in [0.5, 0.6) is 11.5 Å². The number of nitrogens with zero attached hydrogens (tertiary/aromatic N) is 6. The van der Waals surface area contributed by atoms with Gasteiger partial charge < -0.3 is 18.8 Å². The second-order valence-electron chi connectivity index (χ2n) is 8.43. The normalized spacial score (nSPS) is 16.1. The number of anilines is 1. The second kappa shape index (κ2) is 8.40. The summed E-state index contributed by atoms with van der Waals surface area (Å²) in [4.78, 5) is 14.2. The Bertz CT molecular complexity index is 1260. The van der Waals surface area contributed by atoms with E-state index in [1.165, 1.54) is 5.56 Å². The van der Waals surface area contributed by atoms with E-state index in [0.717, 1.165) is 68.6 Å². The molecule has 3 aromatic heterocycles. The Morgan fingerprint density at radius 2 is 1.85 bits per heavy atom. The third-order valence-corrected chi connectivity index (χ3v) is 6.13. The van der Waals surface area contributed by atoms with Crippen LogP contribution in [0.4, 0.5) is 5.82 Å². The van der Waals surface area contributed by atoms with Crippen LogP contribution in [0.15, 0.2) is 47.1 Å². The van der Waals surface area contributed by atoms with Crippen molar-refractivity contribution in [3.05, 3.63) is 53.9 Å². The summed E-state index contributed by atoms with van der Waals surface area (Å²) in [6.45, 7) is 7.10. The quantitative estimate of drug-likeness (QED) is 0.446. The van der Waals surface area contributed by atoms with Gasteiger partial charge in [-0.15, -0.1) is 5.10 Å². The monoisotopic (exact) mass is 446 g/mol. The van der Waals surface area contributed by atoms with Gasteiger partial charge in [-0.1, -0.05) is 19.4 Å². The van der Waals surface area contributed by atoms with Crippen LogP contribution in [0.25, 0.3) is 17.4 Å². The minimum absolute atomic E-state index is 0.307. The number of hydrogen-bond donors (Lipinski definition) is 0. The van der Waals surface area contributed by atoms with Crippen molar-refractivity contribution in [1.29, 1.82) is 0 Å². The summed E-state index contributed by atoms with van der Waals surface area (Å²) >= 11 is 0. The minimum Gasteiger partial charge on any atom is -0.461 e. The fourth-order valence-corrected chi connectivity index (χ4v) is 4.45. The van der Waals surface area contributed by atoms with Crippen molar-refractivity contribution < 1.29 is 13.9 Å². The molecule has 9 nitrogen and oxygen atoms in total. The molecular formula is C24H26N6O3. The Morgan fingerprint density at radius 1 is 0.970 bits per heavy atom. The van der Waals surface area contributed by atoms with Crippen molar-refractivity contribution in [3.8, 4) is 23.1 Å². The van der Waals surface area contributed by atoms with Gasteiger partial charge in [-0.05, 0) is 36.2 Å². The van der Waals surface area contributed by atoms with Crippen LogP contribution >= 0.6 is 0 Å². The van der Waals surface area contributed by atoms with E-state index in [0.29, 0.717) is 24.2 Å². The van der Waals surface area contributed by atoms with E-state index in [9.17, 15) is 0 Å². The third kappa shape index (κ3) is 3.89. The highest BCUT2D eigenvalue weighted by molar-refractivity contribution is 5.54. The Balaban J connectivity index is 1.22. The first-order chi connectivity index (χ1) is 16.3. The Kier molecular flexibility index (Phi) is 5.10. The Labute approximate surface area is 191 Å². The molecule has 2 aliphatic heterocycles. The van der Waals surface area contributed by atoms with Crippen LogP contribution in [0.2, 0.25) is 0 Å². The highest BCUT2D eigenvalue weighted by Gasteiger charge is 2.23. The van der Waals surface area contributed by atoms with Crippen LogP contribution in [-0.2, 0) is 13.0 Å². The van der Waals surface area contributed by atoms with Crippen LogP contribution in [0.1, 0.15) is 24.6 Å². The molecule has 1 aromatic carbocycles. The number of fused-ring (bicyclic) bond motifs is 2. The summed E-state index contributed by atoms with van der Waals surface area (Å²) in [5.41, 5.74) is 2.28. The van der Waals surface area contributed by atoms with E-state index in [-0.39, 0.29) is 0 Å². The maximum atomic E-state index is 5.53. The maximum Gasteiger partial charge on any atom is 0.255 e. The first-order valence-electron chi connectivity index (χ1n) is 11.4. The predicted molar refractivity (Wildman–Crippen MR) is 123 cm³/mol. The number of benzene rings is 1. The van der Waals surface area contributed by atoms with Crippen molar-refractivity contribution in [2.24, 2.45) is 0 Å². The van der Waals surface area contributed by atoms with Crippen LogP contribution in [0.3, 0.4) is 0 Å². The highest BCUT2D eigenvalue weighted by Crippen LogP contribution is 2.33. The van der Waals surface area contributed by atoms with Crippen molar-refractivity contribution >= 4 is 11.6 Å². The molecule has 0 saturated carbocycles. The smallest absolute Gasteiger partial charge is 0.255 e. The number of aromatic nitrogens is 4. The second-order valence-corrected chi connectivity index (χ2v) is 8.43. The van der Waals surface area contributed by atoms with Gasteiger partial charge in [-0.25, -0.2) is 4.98 Å². The van der Waals surface area contributed by atoms with Gasteiger partial charge in [0, 0.05) is 44.5 Å². The van der Waals surface area contributed by atoms with Crippen LogP contribution in [0, 0.1) is 0 Å². The van der Waals surface area contributed by atoms with Crippen molar-refractivity contribution in [3.63, 3.8) is 0 Å². The van der Waals surface area contributed by atoms with Gasteiger partial charge in [0.25, 0.3) is 5.78 Å². The van der Waals surface area contributed by atoms with E-state index in [4.69, 9.17) is 24.0 Å². The molecule has 0 unspecified atom stereocenters. The molecule has 0 bridgehead atoms. The van der Waals surface area contributed by atoms with E-state index in [1.54, 1.807) is 6.26 Å². The molecule has 4 aromatic rings. The zero-order chi connectivity index (χ0) is 22.2. The van der Waals surface area contributed by atoms with Gasteiger partial charge in [0.2, 0.25) is 12.6 Å². The molecule has 0 aliphatic carbocycles. The van der Waals surface area contributed by atoms with E-state index in [1.807, 2.05) is 22.7 Å². The highest BCUT2D eigenvalue weighted by atomic mass is 16.7. The molecule has 2 aliphatic rings. The lowest BCUT2D eigenvalue weighted by molar-refractivity contribution is 0.174. The fourth-order valence-electron chi connectivity index (χ4n) is 4.45. The molecule has 5 heterocycles. The summed E-state index contributed by atoms with van der Waals surface area (Å²) in [5, 5.41) is 4.72. The summed E-state index contributed by atoms with van der Waals surface area (Å²) in [6, 6.07) is 12.1. The lowest BCUT2D eigenvalue weighted by atomic mass is 10.1. The molecule has 0 atom stereocenters. The van der Waals surface area contributed by atoms with Gasteiger partial charge in [0.15, 0.2) is 17.3 Å². The lowest BCUT2D eigenvalue weighted by Gasteiger charge is -2.36. The molecule has 0 N–H and O–H groups in total. The SMILES string of the molecule is CCCc1cc(N2CCN(Cc3ccc4c(c3)OCO4)CC2)n2nc(-c3ccco3)nc2n1. The molecule has 1 fully saturated rings. The van der Waals surface area contributed by atoms with Gasteiger partial charge in [0.1, 0.15) is 5.82 Å². The maximum absolute atomic E-state index is 5.53. The zero-order valence-electron chi connectivity index (χ0n) is 18.6. The summed E-state index contributed by atoms with van der Waals surface area (Å²) in [7, 11) is 0. The van der Waals surface area contributed by atoms with Gasteiger partial charge in [-0.3, -0.25) is 4.90 Å². The molecule has 0 spiro atoms. The van der Waals surface area contributed by atoms with Gasteiger partial charge in [0.05, 0.1) is 6.26 Å². The number of piperazine rings is 1. The van der Waals surface area contributed by atoms with Gasteiger partial charge >= 0.3 is 0 Å². The average Bonchev–Trinajstić information content (AvgIpc) is 3.59. The molecule has 9 heteroatoms. The van der Waals surface area contributed by atoms with E-state index in [2.05, 4.69) is 39.9 Å². The number of hydrogen-bond acceptors (Lipinski definition) is 8. The van der Waals surface area contributed by atoms with Gasteiger partial charge in [-0.2, -0.15) is 9.50 Å². The Morgan fingerprint density at radius 3 is 2.67 bits per heavy atom. The predicted octanol–water partition coefficient (Wildman–Crippen LogP) is 3.39. The van der Waals surface area contributed by atoms with Crippen LogP contribution < -0.4 is 14.4 Å².